The maximum absolute atomic E-state index is 13.0. The number of rotatable bonds is 3. The zero-order chi connectivity index (χ0) is 15.6. The summed E-state index contributed by atoms with van der Waals surface area (Å²) in [5, 5.41) is 0. The van der Waals surface area contributed by atoms with Crippen LogP contribution in [0.15, 0.2) is 12.3 Å². The van der Waals surface area contributed by atoms with E-state index in [0.717, 1.165) is 6.07 Å². The van der Waals surface area contributed by atoms with E-state index in [2.05, 4.69) is 4.98 Å². The molecule has 1 aliphatic rings. The van der Waals surface area contributed by atoms with Gasteiger partial charge in [-0.25, -0.2) is 0 Å². The molecule has 21 heavy (non-hydrogen) atoms. The minimum Gasteiger partial charge on any atom is -0.376 e. The van der Waals surface area contributed by atoms with E-state index in [1.54, 1.807) is 0 Å². The Labute approximate surface area is 120 Å². The van der Waals surface area contributed by atoms with Crippen LogP contribution in [-0.4, -0.2) is 42.0 Å². The molecule has 0 N–H and O–H groups in total. The number of aromatic nitrogens is 1. The van der Waals surface area contributed by atoms with Gasteiger partial charge in [0.05, 0.1) is 18.3 Å². The molecule has 0 saturated carbocycles. The highest BCUT2D eigenvalue weighted by Gasteiger charge is 2.35. The third-order valence-electron chi connectivity index (χ3n) is 3.66. The van der Waals surface area contributed by atoms with Gasteiger partial charge in [0.2, 0.25) is 0 Å². The number of pyridine rings is 1. The Kier molecular flexibility index (Phi) is 4.63. The van der Waals surface area contributed by atoms with Crippen LogP contribution in [0.4, 0.5) is 13.2 Å². The van der Waals surface area contributed by atoms with Gasteiger partial charge in [-0.05, 0) is 25.5 Å². The first-order valence-electron chi connectivity index (χ1n) is 6.71. The smallest absolute Gasteiger partial charge is 0.376 e. The lowest BCUT2D eigenvalue weighted by Gasteiger charge is -2.35. The lowest BCUT2D eigenvalue weighted by molar-refractivity contribution is -0.138. The van der Waals surface area contributed by atoms with Gasteiger partial charge in [-0.15, -0.1) is 0 Å². The number of hydrogen-bond donors (Lipinski definition) is 0. The van der Waals surface area contributed by atoms with Crippen LogP contribution < -0.4 is 0 Å². The molecular formula is C14H17F3N2O2. The molecule has 0 bridgehead atoms. The maximum atomic E-state index is 13.0. The van der Waals surface area contributed by atoms with E-state index in [1.807, 2.05) is 18.7 Å². The normalized spacial score (nSPS) is 22.0. The average molecular weight is 302 g/mol. The van der Waals surface area contributed by atoms with Gasteiger partial charge in [0.25, 0.3) is 0 Å². The van der Waals surface area contributed by atoms with Gasteiger partial charge in [0.1, 0.15) is 5.69 Å². The first-order chi connectivity index (χ1) is 9.82. The van der Waals surface area contributed by atoms with Crippen molar-refractivity contribution < 1.29 is 22.7 Å². The van der Waals surface area contributed by atoms with Gasteiger partial charge in [-0.2, -0.15) is 13.2 Å². The number of ether oxygens (including phenoxy) is 1. The summed E-state index contributed by atoms with van der Waals surface area (Å²) in [6.07, 6.45) is -3.07. The molecule has 1 aromatic heterocycles. The fraction of sp³-hybridized carbons (Fsp3) is 0.571. The molecule has 1 fully saturated rings. The van der Waals surface area contributed by atoms with Crippen molar-refractivity contribution in [1.82, 2.24) is 9.88 Å². The average Bonchev–Trinajstić information content (AvgIpc) is 2.45. The summed E-state index contributed by atoms with van der Waals surface area (Å²) in [5.41, 5.74) is -1.11. The zero-order valence-electron chi connectivity index (χ0n) is 11.9. The summed E-state index contributed by atoms with van der Waals surface area (Å²) in [6.45, 7) is 5.61. The van der Waals surface area contributed by atoms with E-state index in [4.69, 9.17) is 4.74 Å². The van der Waals surface area contributed by atoms with Gasteiger partial charge in [-0.1, -0.05) is 0 Å². The molecule has 2 rings (SSSR count). The molecule has 2 heterocycles. The van der Waals surface area contributed by atoms with Crippen molar-refractivity contribution in [2.75, 3.05) is 19.7 Å². The van der Waals surface area contributed by atoms with Crippen molar-refractivity contribution in [1.29, 1.82) is 0 Å². The Hall–Kier alpha value is -1.47. The van der Waals surface area contributed by atoms with Crippen molar-refractivity contribution >= 4 is 6.29 Å². The molecule has 0 aliphatic carbocycles. The van der Waals surface area contributed by atoms with E-state index >= 15 is 0 Å². The molecule has 0 spiro atoms. The zero-order valence-corrected chi connectivity index (χ0v) is 11.9. The summed E-state index contributed by atoms with van der Waals surface area (Å²) in [6, 6.07) is 0.798. The van der Waals surface area contributed by atoms with E-state index in [-0.39, 0.29) is 18.4 Å². The molecule has 2 atom stereocenters. The topological polar surface area (TPSA) is 42.4 Å². The second-order valence-corrected chi connectivity index (χ2v) is 5.17. The number of morpholine rings is 1. The van der Waals surface area contributed by atoms with E-state index in [9.17, 15) is 18.0 Å². The largest absolute Gasteiger partial charge is 0.418 e. The minimum atomic E-state index is -4.59. The summed E-state index contributed by atoms with van der Waals surface area (Å²) < 4.78 is 44.3. The van der Waals surface area contributed by atoms with E-state index in [0.29, 0.717) is 25.3 Å². The van der Waals surface area contributed by atoms with E-state index < -0.39 is 17.4 Å². The molecule has 1 saturated heterocycles. The van der Waals surface area contributed by atoms with Crippen LogP contribution in [0.5, 0.6) is 0 Å². The lowest BCUT2D eigenvalue weighted by Crippen LogP contribution is -2.42. The molecule has 1 unspecified atom stereocenters. The standard InChI is InChI=1S/C14H17F3N2O2/c1-9-7-19(3-4-21-9)10(2)11-5-12(14(15,16)17)13(8-20)18-6-11/h5-6,8-10H,3-4,7H2,1-2H3/t9-,10?/m1/s1. The monoisotopic (exact) mass is 302 g/mol. The summed E-state index contributed by atoms with van der Waals surface area (Å²) in [5.74, 6) is 0. The van der Waals surface area contributed by atoms with Crippen LogP contribution in [0.3, 0.4) is 0 Å². The van der Waals surface area contributed by atoms with Crippen molar-refractivity contribution in [2.45, 2.75) is 32.2 Å². The minimum absolute atomic E-state index is 0.0468. The highest BCUT2D eigenvalue weighted by molar-refractivity contribution is 5.74. The number of halogens is 3. The van der Waals surface area contributed by atoms with Gasteiger partial charge in [-0.3, -0.25) is 14.7 Å². The molecule has 1 aliphatic heterocycles. The SMILES string of the molecule is CC(c1cnc(C=O)c(C(F)(F)F)c1)N1CCO[C@H](C)C1. The molecule has 0 amide bonds. The van der Waals surface area contributed by atoms with Crippen LogP contribution in [0.25, 0.3) is 0 Å². The molecule has 4 nitrogen and oxygen atoms in total. The number of carbonyl (C=O) groups excluding carboxylic acids is 1. The van der Waals surface area contributed by atoms with Crippen molar-refractivity contribution in [3.05, 3.63) is 29.1 Å². The maximum Gasteiger partial charge on any atom is 0.418 e. The van der Waals surface area contributed by atoms with E-state index in [1.165, 1.54) is 6.20 Å². The van der Waals surface area contributed by atoms with Crippen LogP contribution in [0.1, 0.15) is 41.5 Å². The van der Waals surface area contributed by atoms with Crippen molar-refractivity contribution in [2.24, 2.45) is 0 Å². The summed E-state index contributed by atoms with van der Waals surface area (Å²) >= 11 is 0. The first-order valence-corrected chi connectivity index (χ1v) is 6.71. The number of nitrogens with zero attached hydrogens (tertiary/aromatic N) is 2. The summed E-state index contributed by atoms with van der Waals surface area (Å²) in [4.78, 5) is 16.4. The first kappa shape index (κ1) is 15.9. The van der Waals surface area contributed by atoms with Crippen LogP contribution >= 0.6 is 0 Å². The third kappa shape index (κ3) is 3.59. The number of aldehydes is 1. The number of alkyl halides is 3. The predicted octanol–water partition coefficient (Wildman–Crippen LogP) is 2.69. The third-order valence-corrected chi connectivity index (χ3v) is 3.66. The molecule has 7 heteroatoms. The fourth-order valence-corrected chi connectivity index (χ4v) is 2.45. The number of hydrogen-bond acceptors (Lipinski definition) is 4. The highest BCUT2D eigenvalue weighted by atomic mass is 19.4. The van der Waals surface area contributed by atoms with Crippen molar-refractivity contribution in [3.8, 4) is 0 Å². The molecule has 0 aromatic carbocycles. The van der Waals surface area contributed by atoms with Crippen LogP contribution in [0.2, 0.25) is 0 Å². The highest BCUT2D eigenvalue weighted by Crippen LogP contribution is 2.33. The number of carbonyl (C=O) groups is 1. The quantitative estimate of drug-likeness (QED) is 0.805. The van der Waals surface area contributed by atoms with Gasteiger partial charge in [0.15, 0.2) is 6.29 Å². The van der Waals surface area contributed by atoms with Crippen molar-refractivity contribution in [3.63, 3.8) is 0 Å². The van der Waals surface area contributed by atoms with Crippen LogP contribution in [0, 0.1) is 0 Å². The lowest BCUT2D eigenvalue weighted by atomic mass is 10.0. The molecule has 1 aromatic rings. The second kappa shape index (κ2) is 6.11. The van der Waals surface area contributed by atoms with Gasteiger partial charge in [0, 0.05) is 25.3 Å². The molecule has 0 radical (unpaired) electrons. The Morgan fingerprint density at radius 3 is 2.81 bits per heavy atom. The Morgan fingerprint density at radius 2 is 2.24 bits per heavy atom. The Bertz CT molecular complexity index is 519. The molecule has 116 valence electrons. The Balaban J connectivity index is 2.29. The Morgan fingerprint density at radius 1 is 1.52 bits per heavy atom. The van der Waals surface area contributed by atoms with Gasteiger partial charge < -0.3 is 4.74 Å². The molecular weight excluding hydrogens is 285 g/mol. The van der Waals surface area contributed by atoms with Gasteiger partial charge >= 0.3 is 6.18 Å². The summed E-state index contributed by atoms with van der Waals surface area (Å²) in [7, 11) is 0. The fourth-order valence-electron chi connectivity index (χ4n) is 2.45. The van der Waals surface area contributed by atoms with Crippen LogP contribution in [-0.2, 0) is 10.9 Å². The predicted molar refractivity (Wildman–Crippen MR) is 70.0 cm³/mol. The second-order valence-electron chi connectivity index (χ2n) is 5.17.